The average Bonchev–Trinajstić information content (AvgIpc) is 2.31. The average molecular weight is 286 g/mol. The Kier molecular flexibility index (Phi) is 6.02. The summed E-state index contributed by atoms with van der Waals surface area (Å²) >= 11 is 0. The molecule has 0 amide bonds. The predicted molar refractivity (Wildman–Crippen MR) is 78.1 cm³/mol. The van der Waals surface area contributed by atoms with Crippen LogP contribution in [0.2, 0.25) is 0 Å². The van der Waals surface area contributed by atoms with E-state index in [0.29, 0.717) is 18.9 Å². The topological polar surface area (TPSA) is 44.8 Å². The Hall–Kier alpha value is -0.610. The van der Waals surface area contributed by atoms with E-state index in [1.807, 2.05) is 6.92 Å². The van der Waals surface area contributed by atoms with Crippen LogP contribution in [0.4, 0.5) is 0 Å². The zero-order valence-electron chi connectivity index (χ0n) is 13.8. The van der Waals surface area contributed by atoms with E-state index >= 15 is 0 Å². The van der Waals surface area contributed by atoms with E-state index in [0.717, 1.165) is 19.3 Å². The summed E-state index contributed by atoms with van der Waals surface area (Å²) in [5.74, 6) is 0.0731. The Morgan fingerprint density at radius 2 is 2.00 bits per heavy atom. The number of carbonyl (C=O) groups is 1. The molecule has 3 unspecified atom stereocenters. The van der Waals surface area contributed by atoms with E-state index in [1.165, 1.54) is 0 Å². The second-order valence-corrected chi connectivity index (χ2v) is 7.17. The van der Waals surface area contributed by atoms with Gasteiger partial charge in [-0.05, 0) is 30.6 Å². The molecule has 1 aliphatic rings. The molecule has 3 atom stereocenters. The highest BCUT2D eigenvalue weighted by Crippen LogP contribution is 2.37. The summed E-state index contributed by atoms with van der Waals surface area (Å²) in [5, 5.41) is 0. The molecule has 0 N–H and O–H groups in total. The number of rotatable bonds is 7. The first-order chi connectivity index (χ1) is 9.25. The number of ether oxygens (including phenoxy) is 1. The van der Waals surface area contributed by atoms with Crippen molar-refractivity contribution in [1.82, 2.24) is 0 Å². The van der Waals surface area contributed by atoms with Crippen molar-refractivity contribution >= 4 is 5.97 Å². The van der Waals surface area contributed by atoms with E-state index in [4.69, 9.17) is 14.5 Å². The molecular formula is C16H30O4. The summed E-state index contributed by atoms with van der Waals surface area (Å²) in [7, 11) is 0. The lowest BCUT2D eigenvalue weighted by atomic mass is 9.85. The van der Waals surface area contributed by atoms with Gasteiger partial charge in [0.1, 0.15) is 6.10 Å². The molecule has 0 radical (unpaired) electrons. The van der Waals surface area contributed by atoms with Gasteiger partial charge in [0.05, 0.1) is 6.61 Å². The molecule has 0 aromatic rings. The molecular weight excluding hydrogens is 256 g/mol. The van der Waals surface area contributed by atoms with Crippen LogP contribution in [-0.4, -0.2) is 24.3 Å². The fourth-order valence-corrected chi connectivity index (χ4v) is 2.82. The van der Waals surface area contributed by atoms with Gasteiger partial charge in [-0.25, -0.2) is 14.6 Å². The highest BCUT2D eigenvalue weighted by Gasteiger charge is 2.57. The van der Waals surface area contributed by atoms with Crippen molar-refractivity contribution in [3.63, 3.8) is 0 Å². The molecule has 1 saturated heterocycles. The standard InChI is InChI=1S/C16H30O4/c1-7-9-13-16(8-2,20-19-13)14(17)18-11-12(3)10-15(4,5)6/h12-13H,7-11H2,1-6H3. The summed E-state index contributed by atoms with van der Waals surface area (Å²) in [6.45, 7) is 13.1. The summed E-state index contributed by atoms with van der Waals surface area (Å²) in [6, 6.07) is 0. The van der Waals surface area contributed by atoms with Gasteiger partial charge in [0, 0.05) is 0 Å². The molecule has 0 saturated carbocycles. The maximum Gasteiger partial charge on any atom is 0.344 e. The van der Waals surface area contributed by atoms with Crippen LogP contribution < -0.4 is 0 Å². The van der Waals surface area contributed by atoms with E-state index in [1.54, 1.807) is 0 Å². The zero-order valence-corrected chi connectivity index (χ0v) is 13.8. The van der Waals surface area contributed by atoms with Crippen molar-refractivity contribution in [1.29, 1.82) is 0 Å². The Morgan fingerprint density at radius 3 is 2.40 bits per heavy atom. The van der Waals surface area contributed by atoms with Crippen molar-refractivity contribution in [3.8, 4) is 0 Å². The van der Waals surface area contributed by atoms with E-state index in [-0.39, 0.29) is 17.5 Å². The summed E-state index contributed by atoms with van der Waals surface area (Å²) in [5.41, 5.74) is -0.632. The largest absolute Gasteiger partial charge is 0.463 e. The molecule has 0 aromatic carbocycles. The van der Waals surface area contributed by atoms with Gasteiger partial charge in [-0.3, -0.25) is 0 Å². The monoisotopic (exact) mass is 286 g/mol. The van der Waals surface area contributed by atoms with Crippen LogP contribution in [0.5, 0.6) is 0 Å². The quantitative estimate of drug-likeness (QED) is 0.526. The van der Waals surface area contributed by atoms with Crippen molar-refractivity contribution in [3.05, 3.63) is 0 Å². The van der Waals surface area contributed by atoms with Gasteiger partial charge >= 0.3 is 5.97 Å². The van der Waals surface area contributed by atoms with Crippen molar-refractivity contribution in [2.24, 2.45) is 11.3 Å². The first-order valence-corrected chi connectivity index (χ1v) is 7.77. The maximum absolute atomic E-state index is 12.3. The SMILES string of the molecule is CCCC1OOC1(CC)C(=O)OCC(C)CC(C)(C)C. The van der Waals surface area contributed by atoms with Crippen LogP contribution in [0.3, 0.4) is 0 Å². The second-order valence-electron chi connectivity index (χ2n) is 7.17. The lowest BCUT2D eigenvalue weighted by Gasteiger charge is -2.44. The van der Waals surface area contributed by atoms with Gasteiger partial charge in [-0.2, -0.15) is 0 Å². The molecule has 118 valence electrons. The third-order valence-electron chi connectivity index (χ3n) is 3.71. The van der Waals surface area contributed by atoms with Gasteiger partial charge in [0.25, 0.3) is 0 Å². The van der Waals surface area contributed by atoms with E-state index < -0.39 is 5.60 Å². The summed E-state index contributed by atoms with van der Waals surface area (Å²) < 4.78 is 5.48. The van der Waals surface area contributed by atoms with Gasteiger partial charge in [0.15, 0.2) is 0 Å². The second kappa shape index (κ2) is 6.90. The third kappa shape index (κ3) is 4.19. The van der Waals surface area contributed by atoms with Gasteiger partial charge in [-0.15, -0.1) is 0 Å². The molecule has 0 aliphatic carbocycles. The van der Waals surface area contributed by atoms with Gasteiger partial charge < -0.3 is 4.74 Å². The van der Waals surface area contributed by atoms with Crippen LogP contribution in [-0.2, 0) is 19.3 Å². The Labute approximate surface area is 123 Å². The Balaban J connectivity index is 2.49. The zero-order chi connectivity index (χ0) is 15.4. The first-order valence-electron chi connectivity index (χ1n) is 7.77. The highest BCUT2D eigenvalue weighted by atomic mass is 17.3. The molecule has 1 fully saturated rings. The predicted octanol–water partition coefficient (Wildman–Crippen LogP) is 3.88. The maximum atomic E-state index is 12.3. The minimum Gasteiger partial charge on any atom is -0.463 e. The molecule has 0 spiro atoms. The first kappa shape index (κ1) is 17.4. The fourth-order valence-electron chi connectivity index (χ4n) is 2.82. The highest BCUT2D eigenvalue weighted by molar-refractivity contribution is 5.81. The summed E-state index contributed by atoms with van der Waals surface area (Å²) in [4.78, 5) is 22.5. The van der Waals surface area contributed by atoms with E-state index in [2.05, 4.69) is 34.6 Å². The molecule has 1 heterocycles. The smallest absolute Gasteiger partial charge is 0.344 e. The van der Waals surface area contributed by atoms with Crippen molar-refractivity contribution in [2.75, 3.05) is 6.61 Å². The minimum absolute atomic E-state index is 0.164. The number of hydrogen-bond acceptors (Lipinski definition) is 4. The normalized spacial score (nSPS) is 27.8. The van der Waals surface area contributed by atoms with Crippen LogP contribution in [0.25, 0.3) is 0 Å². The van der Waals surface area contributed by atoms with Crippen LogP contribution in [0, 0.1) is 11.3 Å². The fraction of sp³-hybridized carbons (Fsp3) is 0.938. The van der Waals surface area contributed by atoms with Gasteiger partial charge in [0.2, 0.25) is 5.60 Å². The molecule has 4 nitrogen and oxygen atoms in total. The van der Waals surface area contributed by atoms with Crippen LogP contribution >= 0.6 is 0 Å². The van der Waals surface area contributed by atoms with Crippen LogP contribution in [0.15, 0.2) is 0 Å². The molecule has 1 aliphatic heterocycles. The van der Waals surface area contributed by atoms with E-state index in [9.17, 15) is 4.79 Å². The number of esters is 1. The molecule has 0 bridgehead atoms. The number of hydrogen-bond donors (Lipinski definition) is 0. The lowest BCUT2D eigenvalue weighted by molar-refractivity contribution is -0.498. The third-order valence-corrected chi connectivity index (χ3v) is 3.71. The Bertz CT molecular complexity index is 317. The van der Waals surface area contributed by atoms with Crippen molar-refractivity contribution < 1.29 is 19.3 Å². The van der Waals surface area contributed by atoms with Gasteiger partial charge in [-0.1, -0.05) is 48.0 Å². The molecule has 0 aromatic heterocycles. The summed E-state index contributed by atoms with van der Waals surface area (Å²) in [6.07, 6.45) is 3.23. The minimum atomic E-state index is -0.878. The lowest BCUT2D eigenvalue weighted by Crippen LogP contribution is -2.61. The number of carbonyl (C=O) groups excluding carboxylic acids is 1. The Morgan fingerprint density at radius 1 is 1.35 bits per heavy atom. The van der Waals surface area contributed by atoms with Crippen LogP contribution in [0.1, 0.15) is 67.2 Å². The van der Waals surface area contributed by atoms with Crippen molar-refractivity contribution in [2.45, 2.75) is 78.9 Å². The molecule has 1 rings (SSSR count). The molecule has 4 heteroatoms. The molecule has 20 heavy (non-hydrogen) atoms.